The van der Waals surface area contributed by atoms with E-state index in [0.29, 0.717) is 6.42 Å². The summed E-state index contributed by atoms with van der Waals surface area (Å²) in [6.07, 6.45) is 0.532. The number of aryl methyl sites for hydroxylation is 2. The second-order valence-electron chi connectivity index (χ2n) is 3.69. The van der Waals surface area contributed by atoms with E-state index in [9.17, 15) is 5.11 Å². The monoisotopic (exact) mass is 169 g/mol. The van der Waals surface area contributed by atoms with Gasteiger partial charge in [0.2, 0.25) is 0 Å². The van der Waals surface area contributed by atoms with Gasteiger partial charge in [0, 0.05) is 13.5 Å². The summed E-state index contributed by atoms with van der Waals surface area (Å²) >= 11 is 0. The second kappa shape index (κ2) is 2.86. The van der Waals surface area contributed by atoms with Crippen molar-refractivity contribution in [3.63, 3.8) is 0 Å². The maximum atomic E-state index is 9.52. The molecule has 1 rings (SSSR count). The average Bonchev–Trinajstić information content (AvgIpc) is 2.06. The summed E-state index contributed by atoms with van der Waals surface area (Å²) in [7, 11) is 1.83. The van der Waals surface area contributed by atoms with Crippen molar-refractivity contribution in [2.45, 2.75) is 32.8 Å². The molecule has 0 aliphatic carbocycles. The Morgan fingerprint density at radius 3 is 2.42 bits per heavy atom. The Morgan fingerprint density at radius 1 is 1.50 bits per heavy atom. The van der Waals surface area contributed by atoms with E-state index in [1.807, 2.05) is 14.0 Å². The quantitative estimate of drug-likeness (QED) is 0.698. The van der Waals surface area contributed by atoms with Gasteiger partial charge < -0.3 is 5.11 Å². The molecule has 0 bridgehead atoms. The Kier molecular flexibility index (Phi) is 2.19. The lowest BCUT2D eigenvalue weighted by Crippen LogP contribution is -2.24. The molecule has 0 amide bonds. The minimum absolute atomic E-state index is 0.532. The van der Waals surface area contributed by atoms with Gasteiger partial charge in [0.25, 0.3) is 0 Å². The average molecular weight is 169 g/mol. The Bertz CT molecular complexity index is 272. The molecule has 0 aliphatic rings. The molecule has 1 heterocycles. The smallest absolute Gasteiger partial charge is 0.147 e. The molecule has 0 saturated carbocycles. The van der Waals surface area contributed by atoms with Gasteiger partial charge in [-0.25, -0.2) is 4.98 Å². The molecular weight excluding hydrogens is 154 g/mol. The van der Waals surface area contributed by atoms with Crippen molar-refractivity contribution in [1.29, 1.82) is 0 Å². The summed E-state index contributed by atoms with van der Waals surface area (Å²) in [6, 6.07) is 0. The predicted molar refractivity (Wildman–Crippen MR) is 45.7 cm³/mol. The minimum Gasteiger partial charge on any atom is -0.390 e. The van der Waals surface area contributed by atoms with Crippen molar-refractivity contribution < 1.29 is 5.11 Å². The van der Waals surface area contributed by atoms with Crippen molar-refractivity contribution >= 4 is 0 Å². The van der Waals surface area contributed by atoms with Gasteiger partial charge in [0.15, 0.2) is 0 Å². The molecule has 0 fully saturated rings. The van der Waals surface area contributed by atoms with Gasteiger partial charge >= 0.3 is 0 Å². The van der Waals surface area contributed by atoms with E-state index in [4.69, 9.17) is 0 Å². The highest BCUT2D eigenvalue weighted by Crippen LogP contribution is 2.09. The Morgan fingerprint density at radius 2 is 2.08 bits per heavy atom. The third-order valence-corrected chi connectivity index (χ3v) is 1.55. The minimum atomic E-state index is -0.715. The van der Waals surface area contributed by atoms with Crippen LogP contribution in [0.1, 0.15) is 25.5 Å². The van der Waals surface area contributed by atoms with Crippen molar-refractivity contribution in [3.8, 4) is 0 Å². The fourth-order valence-corrected chi connectivity index (χ4v) is 1.10. The molecule has 0 atom stereocenters. The number of nitrogens with zero attached hydrogens (tertiary/aromatic N) is 3. The summed E-state index contributed by atoms with van der Waals surface area (Å²) in [4.78, 5) is 4.19. The topological polar surface area (TPSA) is 50.9 Å². The van der Waals surface area contributed by atoms with Gasteiger partial charge in [-0.1, -0.05) is 0 Å². The Balaban J connectivity index is 2.82. The molecule has 1 aromatic heterocycles. The first-order valence-electron chi connectivity index (χ1n) is 3.97. The standard InChI is InChI=1S/C8H15N3O/c1-6-9-7(11(4)10-6)5-8(2,3)12/h12H,5H2,1-4H3. The molecule has 1 N–H and O–H groups in total. The van der Waals surface area contributed by atoms with E-state index in [1.165, 1.54) is 0 Å². The molecule has 0 saturated heterocycles. The van der Waals surface area contributed by atoms with Crippen LogP contribution in [-0.2, 0) is 13.5 Å². The number of aromatic nitrogens is 3. The summed E-state index contributed by atoms with van der Waals surface area (Å²) in [5.74, 6) is 1.57. The SMILES string of the molecule is Cc1nc(CC(C)(C)O)n(C)n1. The van der Waals surface area contributed by atoms with Crippen molar-refractivity contribution in [2.24, 2.45) is 7.05 Å². The molecule has 1 aromatic rings. The van der Waals surface area contributed by atoms with E-state index in [1.54, 1.807) is 18.5 Å². The normalized spacial score (nSPS) is 12.1. The van der Waals surface area contributed by atoms with E-state index in [0.717, 1.165) is 11.6 Å². The largest absolute Gasteiger partial charge is 0.390 e. The fraction of sp³-hybridized carbons (Fsp3) is 0.750. The highest BCUT2D eigenvalue weighted by atomic mass is 16.3. The van der Waals surface area contributed by atoms with Gasteiger partial charge in [0.1, 0.15) is 11.6 Å². The van der Waals surface area contributed by atoms with Crippen molar-refractivity contribution in [3.05, 3.63) is 11.6 Å². The summed E-state index contributed by atoms with van der Waals surface area (Å²) in [5.41, 5.74) is -0.715. The molecule has 0 radical (unpaired) electrons. The van der Waals surface area contributed by atoms with E-state index in [-0.39, 0.29) is 0 Å². The lowest BCUT2D eigenvalue weighted by Gasteiger charge is -2.15. The lowest BCUT2D eigenvalue weighted by atomic mass is 10.1. The van der Waals surface area contributed by atoms with Crippen LogP contribution >= 0.6 is 0 Å². The van der Waals surface area contributed by atoms with E-state index >= 15 is 0 Å². The van der Waals surface area contributed by atoms with Crippen LogP contribution < -0.4 is 0 Å². The van der Waals surface area contributed by atoms with E-state index < -0.39 is 5.60 Å². The van der Waals surface area contributed by atoms with Crippen LogP contribution in [0, 0.1) is 6.92 Å². The zero-order valence-corrected chi connectivity index (χ0v) is 8.00. The molecule has 68 valence electrons. The van der Waals surface area contributed by atoms with Crippen molar-refractivity contribution in [2.75, 3.05) is 0 Å². The number of rotatable bonds is 2. The Hall–Kier alpha value is -0.900. The first-order valence-corrected chi connectivity index (χ1v) is 3.97. The molecule has 4 heteroatoms. The van der Waals surface area contributed by atoms with Crippen LogP contribution in [0.5, 0.6) is 0 Å². The molecule has 0 aliphatic heterocycles. The maximum Gasteiger partial charge on any atom is 0.147 e. The van der Waals surface area contributed by atoms with Crippen LogP contribution in [0.2, 0.25) is 0 Å². The van der Waals surface area contributed by atoms with Gasteiger partial charge in [0.05, 0.1) is 5.60 Å². The van der Waals surface area contributed by atoms with Gasteiger partial charge in [-0.05, 0) is 20.8 Å². The van der Waals surface area contributed by atoms with E-state index in [2.05, 4.69) is 10.1 Å². The van der Waals surface area contributed by atoms with Crippen LogP contribution in [0.4, 0.5) is 0 Å². The Labute approximate surface area is 72.2 Å². The zero-order valence-electron chi connectivity index (χ0n) is 8.00. The molecular formula is C8H15N3O. The molecule has 0 unspecified atom stereocenters. The summed E-state index contributed by atoms with van der Waals surface area (Å²) in [5, 5.41) is 13.6. The maximum absolute atomic E-state index is 9.52. The molecule has 4 nitrogen and oxygen atoms in total. The molecule has 0 spiro atoms. The number of aliphatic hydroxyl groups is 1. The number of hydrogen-bond acceptors (Lipinski definition) is 3. The van der Waals surface area contributed by atoms with Crippen LogP contribution in [-0.4, -0.2) is 25.5 Å². The van der Waals surface area contributed by atoms with Crippen LogP contribution in [0.25, 0.3) is 0 Å². The first-order chi connectivity index (χ1) is 5.38. The van der Waals surface area contributed by atoms with Gasteiger partial charge in [-0.3, -0.25) is 4.68 Å². The number of hydrogen-bond donors (Lipinski definition) is 1. The third-order valence-electron chi connectivity index (χ3n) is 1.55. The zero-order chi connectivity index (χ0) is 9.35. The highest BCUT2D eigenvalue weighted by Gasteiger charge is 2.17. The molecule has 12 heavy (non-hydrogen) atoms. The van der Waals surface area contributed by atoms with Gasteiger partial charge in [-0.15, -0.1) is 0 Å². The second-order valence-corrected chi connectivity index (χ2v) is 3.69. The summed E-state index contributed by atoms with van der Waals surface area (Å²) in [6.45, 7) is 5.36. The van der Waals surface area contributed by atoms with Crippen LogP contribution in [0.15, 0.2) is 0 Å². The lowest BCUT2D eigenvalue weighted by molar-refractivity contribution is 0.0778. The predicted octanol–water partition coefficient (Wildman–Crippen LogP) is 0.437. The van der Waals surface area contributed by atoms with Crippen LogP contribution in [0.3, 0.4) is 0 Å². The first kappa shape index (κ1) is 9.19. The third kappa shape index (κ3) is 2.30. The van der Waals surface area contributed by atoms with Crippen molar-refractivity contribution in [1.82, 2.24) is 14.8 Å². The fourth-order valence-electron chi connectivity index (χ4n) is 1.10. The summed E-state index contributed by atoms with van der Waals surface area (Å²) < 4.78 is 1.70. The highest BCUT2D eigenvalue weighted by molar-refractivity contribution is 4.94. The van der Waals surface area contributed by atoms with Gasteiger partial charge in [-0.2, -0.15) is 5.10 Å². The molecule has 0 aromatic carbocycles.